The van der Waals surface area contributed by atoms with Crippen LogP contribution in [0.2, 0.25) is 5.02 Å². The lowest BCUT2D eigenvalue weighted by Crippen LogP contribution is -2.18. The lowest BCUT2D eigenvalue weighted by molar-refractivity contribution is -0.136. The summed E-state index contributed by atoms with van der Waals surface area (Å²) in [7, 11) is 0. The molecule has 0 radical (unpaired) electrons. The van der Waals surface area contributed by atoms with Gasteiger partial charge in [0.15, 0.2) is 5.69 Å². The highest BCUT2D eigenvalue weighted by Crippen LogP contribution is 2.38. The van der Waals surface area contributed by atoms with Crippen LogP contribution in [0.5, 0.6) is 0 Å². The first-order chi connectivity index (χ1) is 9.71. The van der Waals surface area contributed by atoms with Gasteiger partial charge in [-0.3, -0.25) is 9.89 Å². The van der Waals surface area contributed by atoms with Crippen LogP contribution in [0.4, 0.5) is 24.5 Å². The van der Waals surface area contributed by atoms with E-state index in [1.807, 2.05) is 0 Å². The average molecular weight is 319 g/mol. The summed E-state index contributed by atoms with van der Waals surface area (Å²) in [5.74, 6) is -0.879. The molecule has 0 atom stereocenters. The molecular weight excluding hydrogens is 309 g/mol. The van der Waals surface area contributed by atoms with Gasteiger partial charge in [-0.15, -0.1) is 0 Å². The molecule has 2 rings (SSSR count). The van der Waals surface area contributed by atoms with Crippen molar-refractivity contribution in [2.45, 2.75) is 13.1 Å². The van der Waals surface area contributed by atoms with E-state index in [4.69, 9.17) is 17.3 Å². The van der Waals surface area contributed by atoms with Crippen molar-refractivity contribution < 1.29 is 18.0 Å². The Morgan fingerprint density at radius 1 is 1.43 bits per heavy atom. The summed E-state index contributed by atoms with van der Waals surface area (Å²) in [6.07, 6.45) is -4.65. The van der Waals surface area contributed by atoms with Crippen molar-refractivity contribution in [3.63, 3.8) is 0 Å². The number of amides is 1. The van der Waals surface area contributed by atoms with Gasteiger partial charge in [0, 0.05) is 0 Å². The molecule has 0 aliphatic carbocycles. The van der Waals surface area contributed by atoms with Gasteiger partial charge in [0.05, 0.1) is 27.7 Å². The number of carbonyl (C=O) groups excluding carboxylic acids is 1. The minimum atomic E-state index is -4.65. The Hall–Kier alpha value is -2.22. The van der Waals surface area contributed by atoms with E-state index in [2.05, 4.69) is 15.5 Å². The van der Waals surface area contributed by atoms with Crippen molar-refractivity contribution in [2.24, 2.45) is 0 Å². The van der Waals surface area contributed by atoms with E-state index in [0.717, 1.165) is 12.1 Å². The number of nitrogens with zero attached hydrogens (tertiary/aromatic N) is 1. The third-order valence-electron chi connectivity index (χ3n) is 2.77. The first-order valence-corrected chi connectivity index (χ1v) is 6.07. The molecule has 0 aliphatic rings. The second-order valence-corrected chi connectivity index (χ2v) is 4.63. The van der Waals surface area contributed by atoms with Crippen LogP contribution in [-0.2, 0) is 6.18 Å². The Morgan fingerprint density at radius 3 is 2.62 bits per heavy atom. The molecule has 4 N–H and O–H groups in total. The van der Waals surface area contributed by atoms with Crippen LogP contribution in [0.1, 0.15) is 21.7 Å². The number of aromatic amines is 1. The highest BCUT2D eigenvalue weighted by atomic mass is 35.5. The Kier molecular flexibility index (Phi) is 3.82. The zero-order valence-corrected chi connectivity index (χ0v) is 11.4. The molecule has 0 aliphatic heterocycles. The molecule has 0 unspecified atom stereocenters. The van der Waals surface area contributed by atoms with Crippen molar-refractivity contribution in [1.82, 2.24) is 10.2 Å². The molecule has 5 nitrogen and oxygen atoms in total. The second kappa shape index (κ2) is 5.28. The van der Waals surface area contributed by atoms with Crippen molar-refractivity contribution in [1.29, 1.82) is 0 Å². The number of halogens is 4. The number of anilines is 2. The standard InChI is InChI=1S/C12H10ClF3N4O/c1-5-8(17)10(20-19-5)11(21)18-9-6(12(14,15)16)3-2-4-7(9)13/h2-4H,17H2,1H3,(H,18,21)(H,19,20). The summed E-state index contributed by atoms with van der Waals surface area (Å²) < 4.78 is 38.7. The normalized spacial score (nSPS) is 11.5. The molecule has 1 heterocycles. The topological polar surface area (TPSA) is 83.8 Å². The maximum atomic E-state index is 12.9. The van der Waals surface area contributed by atoms with Crippen LogP contribution in [0.15, 0.2) is 18.2 Å². The number of benzene rings is 1. The molecule has 112 valence electrons. The summed E-state index contributed by atoms with van der Waals surface area (Å²) in [6, 6.07) is 3.21. The Balaban J connectivity index is 2.40. The summed E-state index contributed by atoms with van der Waals surface area (Å²) in [5.41, 5.74) is 4.34. The maximum absolute atomic E-state index is 12.9. The highest BCUT2D eigenvalue weighted by molar-refractivity contribution is 6.34. The molecule has 0 saturated heterocycles. The molecule has 1 amide bonds. The third-order valence-corrected chi connectivity index (χ3v) is 3.08. The smallest absolute Gasteiger partial charge is 0.395 e. The molecule has 9 heteroatoms. The Morgan fingerprint density at radius 2 is 2.10 bits per heavy atom. The quantitative estimate of drug-likeness (QED) is 0.795. The van der Waals surface area contributed by atoms with Crippen molar-refractivity contribution in [3.8, 4) is 0 Å². The Labute approximate surface area is 122 Å². The lowest BCUT2D eigenvalue weighted by Gasteiger charge is -2.14. The zero-order chi connectivity index (χ0) is 15.8. The van der Waals surface area contributed by atoms with Gasteiger partial charge in [0.1, 0.15) is 0 Å². The van der Waals surface area contributed by atoms with E-state index in [9.17, 15) is 18.0 Å². The fourth-order valence-corrected chi connectivity index (χ4v) is 1.89. The average Bonchev–Trinajstić information content (AvgIpc) is 2.71. The van der Waals surface area contributed by atoms with Gasteiger partial charge in [-0.25, -0.2) is 0 Å². The Bertz CT molecular complexity index is 696. The van der Waals surface area contributed by atoms with Gasteiger partial charge in [-0.1, -0.05) is 17.7 Å². The molecule has 0 bridgehead atoms. The maximum Gasteiger partial charge on any atom is 0.418 e. The summed E-state index contributed by atoms with van der Waals surface area (Å²) >= 11 is 5.74. The number of nitrogen functional groups attached to an aromatic ring is 1. The number of H-pyrrole nitrogens is 1. The van der Waals surface area contributed by atoms with Crippen LogP contribution in [0, 0.1) is 6.92 Å². The molecule has 0 fully saturated rings. The van der Waals surface area contributed by atoms with Gasteiger partial charge in [0.25, 0.3) is 5.91 Å². The molecule has 21 heavy (non-hydrogen) atoms. The summed E-state index contributed by atoms with van der Waals surface area (Å²) in [4.78, 5) is 12.0. The number of hydrogen-bond donors (Lipinski definition) is 3. The highest BCUT2D eigenvalue weighted by Gasteiger charge is 2.35. The lowest BCUT2D eigenvalue weighted by atomic mass is 10.1. The van der Waals surface area contributed by atoms with E-state index in [1.165, 1.54) is 6.07 Å². The fourth-order valence-electron chi connectivity index (χ4n) is 1.67. The van der Waals surface area contributed by atoms with Crippen molar-refractivity contribution in [3.05, 3.63) is 40.2 Å². The van der Waals surface area contributed by atoms with Gasteiger partial charge < -0.3 is 11.1 Å². The molecule has 2 aromatic rings. The van der Waals surface area contributed by atoms with Crippen LogP contribution >= 0.6 is 11.6 Å². The number of aromatic nitrogens is 2. The summed E-state index contributed by atoms with van der Waals surface area (Å²) in [6.45, 7) is 1.58. The number of carbonyl (C=O) groups is 1. The van der Waals surface area contributed by atoms with Gasteiger partial charge in [-0.05, 0) is 19.1 Å². The predicted molar refractivity (Wildman–Crippen MR) is 72.1 cm³/mol. The van der Waals surface area contributed by atoms with Gasteiger partial charge >= 0.3 is 6.18 Å². The number of hydrogen-bond acceptors (Lipinski definition) is 3. The molecular formula is C12H10ClF3N4O. The molecule has 1 aromatic heterocycles. The van der Waals surface area contributed by atoms with Gasteiger partial charge in [-0.2, -0.15) is 18.3 Å². The minimum absolute atomic E-state index is 0.0631. The van der Waals surface area contributed by atoms with E-state index < -0.39 is 23.3 Å². The first kappa shape index (κ1) is 15.2. The van der Waals surface area contributed by atoms with Crippen LogP contribution in [-0.4, -0.2) is 16.1 Å². The van der Waals surface area contributed by atoms with E-state index in [1.54, 1.807) is 6.92 Å². The predicted octanol–water partition coefficient (Wildman–Crippen LogP) is 3.22. The van der Waals surface area contributed by atoms with Crippen LogP contribution < -0.4 is 11.1 Å². The first-order valence-electron chi connectivity index (χ1n) is 5.69. The molecule has 1 aromatic carbocycles. The summed E-state index contributed by atoms with van der Waals surface area (Å²) in [5, 5.41) is 7.99. The van der Waals surface area contributed by atoms with E-state index in [-0.39, 0.29) is 16.4 Å². The van der Waals surface area contributed by atoms with E-state index in [0.29, 0.717) is 5.69 Å². The largest absolute Gasteiger partial charge is 0.418 e. The monoisotopic (exact) mass is 318 g/mol. The van der Waals surface area contributed by atoms with Crippen molar-refractivity contribution in [2.75, 3.05) is 11.1 Å². The number of aryl methyl sites for hydroxylation is 1. The zero-order valence-electron chi connectivity index (χ0n) is 10.7. The van der Waals surface area contributed by atoms with E-state index >= 15 is 0 Å². The molecule has 0 saturated carbocycles. The number of nitrogens with two attached hydrogens (primary N) is 1. The van der Waals surface area contributed by atoms with Crippen LogP contribution in [0.3, 0.4) is 0 Å². The van der Waals surface area contributed by atoms with Crippen molar-refractivity contribution >= 4 is 28.9 Å². The molecule has 0 spiro atoms. The number of para-hydroxylation sites is 1. The SMILES string of the molecule is Cc1[nH]nc(C(=O)Nc2c(Cl)cccc2C(F)(F)F)c1N. The van der Waals surface area contributed by atoms with Crippen LogP contribution in [0.25, 0.3) is 0 Å². The third kappa shape index (κ3) is 2.94. The minimum Gasteiger partial charge on any atom is -0.395 e. The van der Waals surface area contributed by atoms with Gasteiger partial charge in [0.2, 0.25) is 0 Å². The second-order valence-electron chi connectivity index (χ2n) is 4.23. The number of alkyl halides is 3. The number of nitrogens with one attached hydrogen (secondary N) is 2. The number of rotatable bonds is 2. The fraction of sp³-hybridized carbons (Fsp3) is 0.167.